The van der Waals surface area contributed by atoms with Crippen molar-refractivity contribution in [3.05, 3.63) is 15.3 Å². The molecule has 0 atom stereocenters. The van der Waals surface area contributed by atoms with Crippen LogP contribution >= 0.6 is 22.6 Å². The summed E-state index contributed by atoms with van der Waals surface area (Å²) in [5, 5.41) is 10.1. The van der Waals surface area contributed by atoms with Crippen molar-refractivity contribution in [2.75, 3.05) is 31.1 Å². The molecule has 0 aromatic carbocycles. The van der Waals surface area contributed by atoms with E-state index in [0.717, 1.165) is 26.2 Å². The van der Waals surface area contributed by atoms with E-state index in [9.17, 15) is 13.2 Å². The molecule has 0 amide bonds. The fraction of sp³-hybridized carbons (Fsp3) is 0.556. The van der Waals surface area contributed by atoms with E-state index < -0.39 is 11.9 Å². The first kappa shape index (κ1) is 12.8. The number of halogens is 4. The van der Waals surface area contributed by atoms with Crippen molar-refractivity contribution in [2.45, 2.75) is 6.18 Å². The molecule has 17 heavy (non-hydrogen) atoms. The van der Waals surface area contributed by atoms with Gasteiger partial charge in [0.2, 0.25) is 0 Å². The molecule has 1 aliphatic rings. The van der Waals surface area contributed by atoms with E-state index in [1.807, 2.05) is 4.90 Å². The van der Waals surface area contributed by atoms with Gasteiger partial charge in [-0.05, 0) is 28.7 Å². The van der Waals surface area contributed by atoms with Crippen molar-refractivity contribution in [1.82, 2.24) is 15.5 Å². The SMILES string of the molecule is FC(F)(F)c1nnc(N2CCNCC2)cc1I. The fourth-order valence-electron chi connectivity index (χ4n) is 1.60. The van der Waals surface area contributed by atoms with Crippen LogP contribution in [-0.2, 0) is 6.18 Å². The van der Waals surface area contributed by atoms with Gasteiger partial charge in [0.1, 0.15) is 0 Å². The normalized spacial score (nSPS) is 17.3. The summed E-state index contributed by atoms with van der Waals surface area (Å²) in [6, 6.07) is 1.43. The number of rotatable bonds is 1. The lowest BCUT2D eigenvalue weighted by Crippen LogP contribution is -2.44. The van der Waals surface area contributed by atoms with E-state index >= 15 is 0 Å². The summed E-state index contributed by atoms with van der Waals surface area (Å²) in [6.07, 6.45) is -4.44. The van der Waals surface area contributed by atoms with E-state index in [0.29, 0.717) is 5.82 Å². The minimum atomic E-state index is -4.44. The van der Waals surface area contributed by atoms with E-state index in [-0.39, 0.29) is 3.57 Å². The Kier molecular flexibility index (Phi) is 3.71. The number of anilines is 1. The van der Waals surface area contributed by atoms with Crippen LogP contribution in [0.15, 0.2) is 6.07 Å². The summed E-state index contributed by atoms with van der Waals surface area (Å²) in [5.41, 5.74) is -0.919. The molecule has 1 aromatic heterocycles. The Morgan fingerprint density at radius 3 is 2.41 bits per heavy atom. The van der Waals surface area contributed by atoms with E-state index in [2.05, 4.69) is 15.5 Å². The molecule has 0 saturated carbocycles. The summed E-state index contributed by atoms with van der Waals surface area (Å²) < 4.78 is 37.6. The second-order valence-electron chi connectivity index (χ2n) is 3.63. The average molecular weight is 358 g/mol. The lowest BCUT2D eigenvalue weighted by Gasteiger charge is -2.28. The Labute approximate surface area is 110 Å². The molecule has 1 fully saturated rings. The molecule has 1 aromatic rings. The van der Waals surface area contributed by atoms with Crippen LogP contribution in [-0.4, -0.2) is 36.4 Å². The van der Waals surface area contributed by atoms with Crippen LogP contribution < -0.4 is 10.2 Å². The maximum Gasteiger partial charge on any atom is 0.436 e. The summed E-state index contributed by atoms with van der Waals surface area (Å²) in [7, 11) is 0. The van der Waals surface area contributed by atoms with Crippen molar-refractivity contribution in [3.8, 4) is 0 Å². The van der Waals surface area contributed by atoms with E-state index in [1.54, 1.807) is 22.6 Å². The predicted molar refractivity (Wildman–Crippen MR) is 64.8 cm³/mol. The third kappa shape index (κ3) is 2.97. The Morgan fingerprint density at radius 2 is 1.88 bits per heavy atom. The van der Waals surface area contributed by atoms with Crippen LogP contribution in [0.4, 0.5) is 19.0 Å². The summed E-state index contributed by atoms with van der Waals surface area (Å²) in [4.78, 5) is 1.92. The molecule has 0 aliphatic carbocycles. The van der Waals surface area contributed by atoms with Crippen LogP contribution in [0.3, 0.4) is 0 Å². The monoisotopic (exact) mass is 358 g/mol. The molecule has 2 heterocycles. The topological polar surface area (TPSA) is 41.1 Å². The highest BCUT2D eigenvalue weighted by Gasteiger charge is 2.36. The highest BCUT2D eigenvalue weighted by Crippen LogP contribution is 2.31. The lowest BCUT2D eigenvalue weighted by molar-refractivity contribution is -0.142. The number of piperazine rings is 1. The summed E-state index contributed by atoms with van der Waals surface area (Å²) in [6.45, 7) is 3.07. The Morgan fingerprint density at radius 1 is 1.24 bits per heavy atom. The smallest absolute Gasteiger partial charge is 0.353 e. The van der Waals surface area contributed by atoms with Gasteiger partial charge < -0.3 is 10.2 Å². The first-order chi connectivity index (χ1) is 7.98. The number of nitrogens with one attached hydrogen (secondary N) is 1. The maximum atomic E-state index is 12.5. The van der Waals surface area contributed by atoms with E-state index in [1.165, 1.54) is 6.07 Å². The summed E-state index contributed by atoms with van der Waals surface area (Å²) >= 11 is 1.64. The van der Waals surface area contributed by atoms with Gasteiger partial charge in [0.05, 0.1) is 0 Å². The zero-order valence-electron chi connectivity index (χ0n) is 8.76. The molecule has 1 N–H and O–H groups in total. The van der Waals surface area contributed by atoms with Crippen molar-refractivity contribution in [2.24, 2.45) is 0 Å². The highest BCUT2D eigenvalue weighted by molar-refractivity contribution is 14.1. The fourth-order valence-corrected chi connectivity index (χ4v) is 2.29. The number of nitrogens with zero attached hydrogens (tertiary/aromatic N) is 3. The van der Waals surface area contributed by atoms with Gasteiger partial charge in [-0.3, -0.25) is 0 Å². The third-order valence-corrected chi connectivity index (χ3v) is 3.27. The van der Waals surface area contributed by atoms with E-state index in [4.69, 9.17) is 0 Å². The number of hydrogen-bond acceptors (Lipinski definition) is 4. The Balaban J connectivity index is 2.24. The molecular formula is C9H10F3IN4. The third-order valence-electron chi connectivity index (χ3n) is 2.44. The molecule has 94 valence electrons. The molecule has 8 heteroatoms. The van der Waals surface area contributed by atoms with Gasteiger partial charge in [0, 0.05) is 29.7 Å². The first-order valence-corrected chi connectivity index (χ1v) is 6.12. The standard InChI is InChI=1S/C9H10F3IN4/c10-9(11,12)8-6(13)5-7(15-16-8)17-3-1-14-2-4-17/h5,14H,1-4H2. The predicted octanol–water partition coefficient (Wildman–Crippen LogP) is 1.51. The quantitative estimate of drug-likeness (QED) is 0.773. The molecule has 0 unspecified atom stereocenters. The zero-order valence-corrected chi connectivity index (χ0v) is 10.9. The van der Waals surface area contributed by atoms with Gasteiger partial charge >= 0.3 is 6.18 Å². The molecule has 1 saturated heterocycles. The van der Waals surface area contributed by atoms with Crippen LogP contribution in [0.25, 0.3) is 0 Å². The molecule has 0 spiro atoms. The van der Waals surface area contributed by atoms with Crippen LogP contribution in [0.5, 0.6) is 0 Å². The van der Waals surface area contributed by atoms with Gasteiger partial charge in [0.15, 0.2) is 11.5 Å². The van der Waals surface area contributed by atoms with Crippen molar-refractivity contribution < 1.29 is 13.2 Å². The number of hydrogen-bond donors (Lipinski definition) is 1. The number of aromatic nitrogens is 2. The summed E-state index contributed by atoms with van der Waals surface area (Å²) in [5.74, 6) is 0.504. The van der Waals surface area contributed by atoms with Crippen LogP contribution in [0, 0.1) is 3.57 Å². The van der Waals surface area contributed by atoms with Gasteiger partial charge in [-0.15, -0.1) is 10.2 Å². The minimum Gasteiger partial charge on any atom is -0.353 e. The average Bonchev–Trinajstić information content (AvgIpc) is 2.28. The molecule has 1 aliphatic heterocycles. The highest BCUT2D eigenvalue weighted by atomic mass is 127. The second-order valence-corrected chi connectivity index (χ2v) is 4.80. The van der Waals surface area contributed by atoms with Gasteiger partial charge in [0.25, 0.3) is 0 Å². The molecule has 0 radical (unpaired) electrons. The van der Waals surface area contributed by atoms with Crippen molar-refractivity contribution in [3.63, 3.8) is 0 Å². The Hall–Kier alpha value is -0.640. The minimum absolute atomic E-state index is 0.0821. The number of alkyl halides is 3. The Bertz CT molecular complexity index is 404. The zero-order chi connectivity index (χ0) is 12.5. The first-order valence-electron chi connectivity index (χ1n) is 5.04. The van der Waals surface area contributed by atoms with Crippen LogP contribution in [0.2, 0.25) is 0 Å². The second kappa shape index (κ2) is 4.92. The van der Waals surface area contributed by atoms with Crippen LogP contribution in [0.1, 0.15) is 5.69 Å². The molecule has 2 rings (SSSR count). The molecule has 4 nitrogen and oxygen atoms in total. The van der Waals surface area contributed by atoms with Gasteiger partial charge in [-0.1, -0.05) is 0 Å². The lowest BCUT2D eigenvalue weighted by atomic mass is 10.3. The van der Waals surface area contributed by atoms with Gasteiger partial charge in [-0.2, -0.15) is 13.2 Å². The largest absolute Gasteiger partial charge is 0.436 e. The maximum absolute atomic E-state index is 12.5. The molecule has 0 bridgehead atoms. The molecular weight excluding hydrogens is 348 g/mol. The van der Waals surface area contributed by atoms with Crippen molar-refractivity contribution in [1.29, 1.82) is 0 Å². The van der Waals surface area contributed by atoms with Crippen molar-refractivity contribution >= 4 is 28.4 Å². The van der Waals surface area contributed by atoms with Gasteiger partial charge in [-0.25, -0.2) is 0 Å².